The zero-order chi connectivity index (χ0) is 40.3. The molecule has 1 fully saturated rings. The molecule has 10 aromatic rings. The Labute approximate surface area is 355 Å². The summed E-state index contributed by atoms with van der Waals surface area (Å²) in [6.45, 7) is 0. The fourth-order valence-corrected chi connectivity index (χ4v) is 10.2. The lowest BCUT2D eigenvalue weighted by Crippen LogP contribution is -2.27. The molecule has 2 aliphatic rings. The van der Waals surface area contributed by atoms with Gasteiger partial charge in [0.1, 0.15) is 11.2 Å². The molecule has 0 saturated heterocycles. The van der Waals surface area contributed by atoms with Gasteiger partial charge in [-0.2, -0.15) is 0 Å². The summed E-state index contributed by atoms with van der Waals surface area (Å²) in [7, 11) is 0. The first-order valence-electron chi connectivity index (χ1n) is 21.5. The molecule has 0 amide bonds. The van der Waals surface area contributed by atoms with Crippen molar-refractivity contribution in [3.63, 3.8) is 0 Å². The van der Waals surface area contributed by atoms with Gasteiger partial charge in [0.15, 0.2) is 17.5 Å². The van der Waals surface area contributed by atoms with Gasteiger partial charge in [0, 0.05) is 32.9 Å². The van der Waals surface area contributed by atoms with Crippen molar-refractivity contribution >= 4 is 21.9 Å². The van der Waals surface area contributed by atoms with Crippen LogP contribution >= 0.6 is 0 Å². The molecule has 4 heteroatoms. The first kappa shape index (κ1) is 35.5. The molecule has 4 nitrogen and oxygen atoms in total. The minimum atomic E-state index is 0.120. The zero-order valence-corrected chi connectivity index (χ0v) is 33.7. The number of rotatable bonds is 6. The van der Waals surface area contributed by atoms with Crippen LogP contribution in [-0.4, -0.2) is 15.0 Å². The highest BCUT2D eigenvalue weighted by Crippen LogP contribution is 2.58. The summed E-state index contributed by atoms with van der Waals surface area (Å²) in [5.74, 6) is 1.82. The van der Waals surface area contributed by atoms with Crippen LogP contribution in [-0.2, 0) is 5.41 Å². The quantitative estimate of drug-likeness (QED) is 0.169. The van der Waals surface area contributed by atoms with Crippen LogP contribution in [0, 0.1) is 0 Å². The number of benzene rings is 8. The van der Waals surface area contributed by atoms with Crippen LogP contribution in [0.1, 0.15) is 43.2 Å². The summed E-state index contributed by atoms with van der Waals surface area (Å²) in [5.41, 5.74) is 17.4. The number of nitrogens with zero attached hydrogens (tertiary/aromatic N) is 3. The SMILES string of the molecule is c1ccc(-c2cccc(-c3nc(-c4cccc(-c5cccc(-c6cccc7c6-c6ccccc6C76CCCCC6)c5)c4)nc(-c4ccc5c(c4)oc4ccccc45)n3)c2)cc1. The van der Waals surface area contributed by atoms with E-state index in [9.17, 15) is 0 Å². The second-order valence-electron chi connectivity index (χ2n) is 16.6. The minimum absolute atomic E-state index is 0.120. The molecule has 0 aliphatic heterocycles. The average molecular weight is 784 g/mol. The van der Waals surface area contributed by atoms with Crippen molar-refractivity contribution in [3.8, 4) is 78.7 Å². The molecule has 2 aliphatic carbocycles. The third-order valence-corrected chi connectivity index (χ3v) is 13.1. The number of hydrogen-bond acceptors (Lipinski definition) is 4. The summed E-state index contributed by atoms with van der Waals surface area (Å²) < 4.78 is 6.32. The van der Waals surface area contributed by atoms with E-state index in [-0.39, 0.29) is 5.41 Å². The summed E-state index contributed by atoms with van der Waals surface area (Å²) >= 11 is 0. The molecule has 0 N–H and O–H groups in total. The highest BCUT2D eigenvalue weighted by atomic mass is 16.3. The van der Waals surface area contributed by atoms with Gasteiger partial charge in [-0.1, -0.05) is 171 Å². The lowest BCUT2D eigenvalue weighted by molar-refractivity contribution is 0.353. The maximum absolute atomic E-state index is 6.32. The van der Waals surface area contributed by atoms with E-state index in [1.54, 1.807) is 0 Å². The first-order chi connectivity index (χ1) is 30.2. The molecule has 2 aromatic heterocycles. The topological polar surface area (TPSA) is 51.8 Å². The number of para-hydroxylation sites is 1. The van der Waals surface area contributed by atoms with Crippen molar-refractivity contribution in [1.29, 1.82) is 0 Å². The number of fused-ring (bicyclic) bond motifs is 8. The number of hydrogen-bond donors (Lipinski definition) is 0. The van der Waals surface area contributed by atoms with Gasteiger partial charge in [0.05, 0.1) is 0 Å². The Morgan fingerprint density at radius 1 is 0.344 bits per heavy atom. The maximum atomic E-state index is 6.32. The van der Waals surface area contributed by atoms with Crippen LogP contribution in [0.2, 0.25) is 0 Å². The molecule has 1 spiro atoms. The van der Waals surface area contributed by atoms with Crippen molar-refractivity contribution in [2.45, 2.75) is 37.5 Å². The van der Waals surface area contributed by atoms with Crippen LogP contribution in [0.3, 0.4) is 0 Å². The molecular weight excluding hydrogens is 743 g/mol. The predicted molar refractivity (Wildman–Crippen MR) is 249 cm³/mol. The molecule has 12 rings (SSSR count). The van der Waals surface area contributed by atoms with E-state index in [1.807, 2.05) is 24.3 Å². The van der Waals surface area contributed by atoms with Crippen LogP contribution in [0.4, 0.5) is 0 Å². The van der Waals surface area contributed by atoms with E-state index in [2.05, 4.69) is 164 Å². The van der Waals surface area contributed by atoms with Crippen molar-refractivity contribution in [2.24, 2.45) is 0 Å². The average Bonchev–Trinajstić information content (AvgIpc) is 3.84. The smallest absolute Gasteiger partial charge is 0.164 e. The minimum Gasteiger partial charge on any atom is -0.456 e. The van der Waals surface area contributed by atoms with E-state index in [1.165, 1.54) is 65.5 Å². The zero-order valence-electron chi connectivity index (χ0n) is 33.7. The van der Waals surface area contributed by atoms with Gasteiger partial charge < -0.3 is 4.42 Å². The Morgan fingerprint density at radius 2 is 0.852 bits per heavy atom. The van der Waals surface area contributed by atoms with E-state index in [4.69, 9.17) is 19.4 Å². The standard InChI is InChI=1S/C57H41N3O/c1-3-15-37(16-4-1)38-17-12-21-42(34-38)54-58-55(60-56(59-54)44-29-30-47-46-23-6-8-28-51(46)61-52(47)36-44)43-22-13-19-40(35-43)39-18-11-20-41(33-39)45-25-14-27-50-53(45)48-24-5-7-26-49(48)57(50)31-9-2-10-32-57/h1,3-8,11-30,33-36H,2,9-10,31-32H2. The van der Waals surface area contributed by atoms with Crippen LogP contribution in [0.25, 0.3) is 101 Å². The summed E-state index contributed by atoms with van der Waals surface area (Å²) in [6.07, 6.45) is 6.34. The summed E-state index contributed by atoms with van der Waals surface area (Å²) in [6, 6.07) is 67.1. The Balaban J connectivity index is 0.967. The second-order valence-corrected chi connectivity index (χ2v) is 16.6. The molecule has 0 bridgehead atoms. The highest BCUT2D eigenvalue weighted by molar-refractivity contribution is 6.05. The Kier molecular flexibility index (Phi) is 8.38. The van der Waals surface area contributed by atoms with Crippen LogP contribution < -0.4 is 0 Å². The third-order valence-electron chi connectivity index (χ3n) is 13.1. The van der Waals surface area contributed by atoms with Crippen molar-refractivity contribution in [2.75, 3.05) is 0 Å². The Bertz CT molecular complexity index is 3300. The van der Waals surface area contributed by atoms with Crippen LogP contribution in [0.15, 0.2) is 192 Å². The Morgan fingerprint density at radius 3 is 1.59 bits per heavy atom. The molecule has 290 valence electrons. The molecule has 0 radical (unpaired) electrons. The Hall–Kier alpha value is -7.43. The second kappa shape index (κ2) is 14.4. The number of furan rings is 1. The third kappa shape index (κ3) is 6.01. The molecule has 8 aromatic carbocycles. The monoisotopic (exact) mass is 783 g/mol. The van der Waals surface area contributed by atoms with Gasteiger partial charge >= 0.3 is 0 Å². The lowest BCUT2D eigenvalue weighted by atomic mass is 9.68. The lowest BCUT2D eigenvalue weighted by Gasteiger charge is -2.36. The molecule has 1 saturated carbocycles. The number of aromatic nitrogens is 3. The van der Waals surface area contributed by atoms with Gasteiger partial charge in [-0.25, -0.2) is 15.0 Å². The summed E-state index contributed by atoms with van der Waals surface area (Å²) in [5, 5.41) is 2.16. The fraction of sp³-hybridized carbons (Fsp3) is 0.105. The normalized spacial score (nSPS) is 14.0. The van der Waals surface area contributed by atoms with Gasteiger partial charge in [-0.05, 0) is 105 Å². The molecule has 61 heavy (non-hydrogen) atoms. The molecular formula is C57H41N3O. The largest absolute Gasteiger partial charge is 0.456 e. The van der Waals surface area contributed by atoms with Crippen LogP contribution in [0.5, 0.6) is 0 Å². The fourth-order valence-electron chi connectivity index (χ4n) is 10.2. The van der Waals surface area contributed by atoms with E-state index < -0.39 is 0 Å². The van der Waals surface area contributed by atoms with E-state index in [0.717, 1.165) is 60.9 Å². The van der Waals surface area contributed by atoms with Gasteiger partial charge in [0.2, 0.25) is 0 Å². The summed E-state index contributed by atoms with van der Waals surface area (Å²) in [4.78, 5) is 15.5. The van der Waals surface area contributed by atoms with Crippen molar-refractivity contribution in [1.82, 2.24) is 15.0 Å². The molecule has 2 heterocycles. The predicted octanol–water partition coefficient (Wildman–Crippen LogP) is 15.0. The van der Waals surface area contributed by atoms with Gasteiger partial charge in [-0.15, -0.1) is 0 Å². The highest BCUT2D eigenvalue weighted by Gasteiger charge is 2.44. The molecule has 0 unspecified atom stereocenters. The van der Waals surface area contributed by atoms with Gasteiger partial charge in [0.25, 0.3) is 0 Å². The molecule has 0 atom stereocenters. The van der Waals surface area contributed by atoms with Crippen molar-refractivity contribution < 1.29 is 4.42 Å². The first-order valence-corrected chi connectivity index (χ1v) is 21.5. The van der Waals surface area contributed by atoms with E-state index >= 15 is 0 Å². The van der Waals surface area contributed by atoms with Gasteiger partial charge in [-0.3, -0.25) is 0 Å². The maximum Gasteiger partial charge on any atom is 0.164 e. The van der Waals surface area contributed by atoms with Crippen molar-refractivity contribution in [3.05, 3.63) is 199 Å². The van der Waals surface area contributed by atoms with E-state index in [0.29, 0.717) is 17.5 Å².